The zero-order chi connectivity index (χ0) is 10.1. The van der Waals surface area contributed by atoms with E-state index < -0.39 is 10.0 Å². The van der Waals surface area contributed by atoms with Crippen LogP contribution >= 0.6 is 27.7 Å². The number of hydrogen-bond acceptors (Lipinski definition) is 3. The highest BCUT2D eigenvalue weighted by Crippen LogP contribution is 2.22. The van der Waals surface area contributed by atoms with Crippen molar-refractivity contribution >= 4 is 43.5 Å². The van der Waals surface area contributed by atoms with Crippen LogP contribution in [0, 0.1) is 0 Å². The van der Waals surface area contributed by atoms with E-state index in [0.29, 0.717) is 5.69 Å². The summed E-state index contributed by atoms with van der Waals surface area (Å²) in [5.74, 6) is 0. The maximum Gasteiger partial charge on any atom is 0.250 e. The molecule has 1 rings (SSSR count). The number of sulfonamides is 1. The van der Waals surface area contributed by atoms with Crippen molar-refractivity contribution in [3.05, 3.63) is 23.2 Å². The standard InChI is InChI=1S/C6H6BrClN2O2S/c7-10-13(11,12)4-1-2-6(9)5(8)3-4/h1-3,10H,9H2. The first kappa shape index (κ1) is 10.8. The zero-order valence-corrected chi connectivity index (χ0v) is 9.45. The highest BCUT2D eigenvalue weighted by Gasteiger charge is 2.12. The zero-order valence-electron chi connectivity index (χ0n) is 6.29. The van der Waals surface area contributed by atoms with Gasteiger partial charge in [0.05, 0.1) is 15.6 Å². The third-order valence-electron chi connectivity index (χ3n) is 1.38. The number of benzene rings is 1. The van der Waals surface area contributed by atoms with Gasteiger partial charge in [0.2, 0.25) is 10.0 Å². The molecule has 0 spiro atoms. The molecule has 0 saturated carbocycles. The summed E-state index contributed by atoms with van der Waals surface area (Å²) in [7, 11) is -3.51. The SMILES string of the molecule is Nc1ccc(S(=O)(=O)NBr)cc1Cl. The molecule has 72 valence electrons. The van der Waals surface area contributed by atoms with Crippen molar-refractivity contribution in [2.75, 3.05) is 5.73 Å². The largest absolute Gasteiger partial charge is 0.398 e. The quantitative estimate of drug-likeness (QED) is 0.639. The minimum Gasteiger partial charge on any atom is -0.398 e. The maximum atomic E-state index is 11.2. The van der Waals surface area contributed by atoms with Gasteiger partial charge in [-0.25, -0.2) is 8.42 Å². The van der Waals surface area contributed by atoms with Gasteiger partial charge >= 0.3 is 0 Å². The van der Waals surface area contributed by atoms with Crippen molar-refractivity contribution < 1.29 is 8.42 Å². The van der Waals surface area contributed by atoms with Crippen LogP contribution in [0.2, 0.25) is 5.02 Å². The van der Waals surface area contributed by atoms with Crippen LogP contribution in [0.25, 0.3) is 0 Å². The lowest BCUT2D eigenvalue weighted by Crippen LogP contribution is -2.12. The fourth-order valence-corrected chi connectivity index (χ4v) is 2.13. The molecule has 1 aromatic carbocycles. The molecule has 0 amide bonds. The number of rotatable bonds is 2. The lowest BCUT2D eigenvalue weighted by molar-refractivity contribution is 0.595. The highest BCUT2D eigenvalue weighted by atomic mass is 79.9. The second-order valence-corrected chi connectivity index (χ2v) is 5.27. The topological polar surface area (TPSA) is 72.2 Å². The third kappa shape index (κ3) is 2.34. The van der Waals surface area contributed by atoms with Crippen LogP contribution in [0.5, 0.6) is 0 Å². The average molecular weight is 286 g/mol. The number of nitrogen functional groups attached to an aromatic ring is 1. The molecule has 0 aliphatic carbocycles. The van der Waals surface area contributed by atoms with E-state index in [2.05, 4.69) is 16.1 Å². The molecule has 0 aliphatic rings. The summed E-state index contributed by atoms with van der Waals surface area (Å²) < 4.78 is 24.4. The van der Waals surface area contributed by atoms with E-state index in [1.165, 1.54) is 18.2 Å². The molecule has 13 heavy (non-hydrogen) atoms. The Morgan fingerprint density at radius 3 is 2.54 bits per heavy atom. The van der Waals surface area contributed by atoms with E-state index in [4.69, 9.17) is 17.3 Å². The van der Waals surface area contributed by atoms with Crippen LogP contribution in [0.1, 0.15) is 0 Å². The summed E-state index contributed by atoms with van der Waals surface area (Å²) in [6, 6.07) is 4.07. The van der Waals surface area contributed by atoms with Crippen molar-refractivity contribution in [2.45, 2.75) is 4.90 Å². The van der Waals surface area contributed by atoms with Gasteiger partial charge in [-0.1, -0.05) is 11.6 Å². The second kappa shape index (κ2) is 3.83. The summed E-state index contributed by atoms with van der Waals surface area (Å²) in [5.41, 5.74) is 5.76. The molecule has 7 heteroatoms. The molecule has 0 aliphatic heterocycles. The third-order valence-corrected chi connectivity index (χ3v) is 4.07. The Morgan fingerprint density at radius 1 is 1.46 bits per heavy atom. The van der Waals surface area contributed by atoms with Crippen LogP contribution in [-0.2, 0) is 10.0 Å². The summed E-state index contributed by atoms with van der Waals surface area (Å²) in [4.78, 5) is 0.0589. The predicted octanol–water partition coefficient (Wildman–Crippen LogP) is 1.51. The van der Waals surface area contributed by atoms with Gasteiger partial charge in [-0.3, -0.25) is 0 Å². The van der Waals surface area contributed by atoms with Crippen molar-refractivity contribution in [1.29, 1.82) is 0 Å². The average Bonchev–Trinajstić information content (AvgIpc) is 2.09. The molecule has 0 aromatic heterocycles. The number of anilines is 1. The lowest BCUT2D eigenvalue weighted by atomic mass is 10.3. The van der Waals surface area contributed by atoms with Gasteiger partial charge in [-0.05, 0) is 18.2 Å². The van der Waals surface area contributed by atoms with Gasteiger partial charge in [-0.2, -0.15) is 0 Å². The fourth-order valence-electron chi connectivity index (χ4n) is 0.720. The first-order valence-corrected chi connectivity index (χ1v) is 5.80. The van der Waals surface area contributed by atoms with Gasteiger partial charge in [0, 0.05) is 16.1 Å². The molecule has 3 N–H and O–H groups in total. The fraction of sp³-hybridized carbons (Fsp3) is 0. The van der Waals surface area contributed by atoms with Gasteiger partial charge in [0.25, 0.3) is 0 Å². The van der Waals surface area contributed by atoms with Gasteiger partial charge in [0.1, 0.15) is 0 Å². The van der Waals surface area contributed by atoms with E-state index in [1.54, 1.807) is 0 Å². The molecule has 0 heterocycles. The van der Waals surface area contributed by atoms with E-state index >= 15 is 0 Å². The first-order chi connectivity index (χ1) is 5.97. The Labute approximate surface area is 89.5 Å². The predicted molar refractivity (Wildman–Crippen MR) is 55.1 cm³/mol. The van der Waals surface area contributed by atoms with Crippen LogP contribution in [0.4, 0.5) is 5.69 Å². The smallest absolute Gasteiger partial charge is 0.250 e. The lowest BCUT2D eigenvalue weighted by Gasteiger charge is -2.02. The molecule has 0 unspecified atom stereocenters. The number of hydrogen-bond donors (Lipinski definition) is 2. The Morgan fingerprint density at radius 2 is 2.08 bits per heavy atom. The minimum absolute atomic E-state index is 0.0589. The van der Waals surface area contributed by atoms with Crippen molar-refractivity contribution in [1.82, 2.24) is 3.75 Å². The van der Waals surface area contributed by atoms with E-state index in [1.807, 2.05) is 3.75 Å². The van der Waals surface area contributed by atoms with Gasteiger partial charge in [-0.15, -0.1) is 3.75 Å². The number of nitrogens with one attached hydrogen (secondary N) is 1. The summed E-state index contributed by atoms with van der Waals surface area (Å²) in [6.07, 6.45) is 0. The Kier molecular flexibility index (Phi) is 3.18. The molecular formula is C6H6BrClN2O2S. The van der Waals surface area contributed by atoms with E-state index in [-0.39, 0.29) is 9.92 Å². The summed E-state index contributed by atoms with van der Waals surface area (Å²) in [6.45, 7) is 0. The molecule has 0 saturated heterocycles. The normalized spacial score (nSPS) is 11.5. The molecular weight excluding hydrogens is 280 g/mol. The van der Waals surface area contributed by atoms with Crippen molar-refractivity contribution in [3.63, 3.8) is 0 Å². The van der Waals surface area contributed by atoms with Crippen LogP contribution in [0.3, 0.4) is 0 Å². The number of nitrogens with two attached hydrogens (primary N) is 1. The Balaban J connectivity index is 3.27. The molecule has 1 aromatic rings. The minimum atomic E-state index is -3.51. The Bertz CT molecular complexity index is 421. The first-order valence-electron chi connectivity index (χ1n) is 3.15. The van der Waals surface area contributed by atoms with E-state index in [0.717, 1.165) is 0 Å². The molecule has 0 bridgehead atoms. The molecule has 4 nitrogen and oxygen atoms in total. The van der Waals surface area contributed by atoms with Crippen LogP contribution < -0.4 is 9.48 Å². The van der Waals surface area contributed by atoms with Crippen LogP contribution in [-0.4, -0.2) is 8.42 Å². The van der Waals surface area contributed by atoms with Gasteiger partial charge < -0.3 is 5.73 Å². The van der Waals surface area contributed by atoms with Crippen molar-refractivity contribution in [3.8, 4) is 0 Å². The number of halogens is 2. The van der Waals surface area contributed by atoms with Gasteiger partial charge in [0.15, 0.2) is 0 Å². The second-order valence-electron chi connectivity index (χ2n) is 2.26. The van der Waals surface area contributed by atoms with Crippen molar-refractivity contribution in [2.24, 2.45) is 0 Å². The van der Waals surface area contributed by atoms with E-state index in [9.17, 15) is 8.42 Å². The summed E-state index contributed by atoms with van der Waals surface area (Å²) >= 11 is 8.28. The maximum absolute atomic E-state index is 11.2. The molecule has 0 fully saturated rings. The summed E-state index contributed by atoms with van der Waals surface area (Å²) in [5, 5.41) is 0.212. The van der Waals surface area contributed by atoms with Crippen LogP contribution in [0.15, 0.2) is 23.1 Å². The monoisotopic (exact) mass is 284 g/mol. The molecule has 0 atom stereocenters. The highest BCUT2D eigenvalue weighted by molar-refractivity contribution is 9.09. The Hall–Kier alpha value is -0.300. The molecule has 0 radical (unpaired) electrons.